The summed E-state index contributed by atoms with van der Waals surface area (Å²) in [7, 11) is 0. The molecule has 1 atom stereocenters. The number of ether oxygens (including phenoxy) is 2. The Hall–Kier alpha value is -0.870. The van der Waals surface area contributed by atoms with Crippen molar-refractivity contribution in [2.24, 2.45) is 5.73 Å². The molecule has 0 aromatic heterocycles. The zero-order chi connectivity index (χ0) is 10.0. The van der Waals surface area contributed by atoms with E-state index < -0.39 is 5.54 Å². The molecule has 1 saturated heterocycles. The van der Waals surface area contributed by atoms with Crippen molar-refractivity contribution in [1.29, 1.82) is 0 Å². The number of hydrogen-bond acceptors (Lipinski definition) is 4. The van der Waals surface area contributed by atoms with E-state index in [-0.39, 0.29) is 5.78 Å². The Morgan fingerprint density at radius 1 is 1.50 bits per heavy atom. The highest BCUT2D eigenvalue weighted by Gasteiger charge is 2.40. The molecule has 1 unspecified atom stereocenters. The monoisotopic (exact) mass is 197 g/mol. The zero-order valence-corrected chi connectivity index (χ0v) is 8.12. The highest BCUT2D eigenvalue weighted by atomic mass is 16.5. The van der Waals surface area contributed by atoms with E-state index in [0.29, 0.717) is 32.0 Å². The van der Waals surface area contributed by atoms with Crippen LogP contribution in [-0.2, 0) is 14.3 Å². The lowest BCUT2D eigenvalue weighted by molar-refractivity contribution is -0.124. The Morgan fingerprint density at radius 3 is 2.93 bits per heavy atom. The molecule has 14 heavy (non-hydrogen) atoms. The van der Waals surface area contributed by atoms with E-state index in [1.54, 1.807) is 0 Å². The molecule has 4 heteroatoms. The average Bonchev–Trinajstić information content (AvgIpc) is 2.67. The van der Waals surface area contributed by atoms with Crippen LogP contribution >= 0.6 is 0 Å². The lowest BCUT2D eigenvalue weighted by Crippen LogP contribution is -2.49. The minimum absolute atomic E-state index is 0.102. The number of ketones is 1. The molecule has 2 rings (SSSR count). The molecule has 78 valence electrons. The summed E-state index contributed by atoms with van der Waals surface area (Å²) in [5, 5.41) is 0. The highest BCUT2D eigenvalue weighted by molar-refractivity contribution is 6.01. The average molecular weight is 197 g/mol. The SMILES string of the molecule is NC1(C(=O)C2=CCCCO2)CCOC1. The van der Waals surface area contributed by atoms with Gasteiger partial charge in [0.1, 0.15) is 5.54 Å². The maximum Gasteiger partial charge on any atom is 0.219 e. The first-order valence-electron chi connectivity index (χ1n) is 4.97. The smallest absolute Gasteiger partial charge is 0.219 e. The van der Waals surface area contributed by atoms with Crippen molar-refractivity contribution in [3.63, 3.8) is 0 Å². The number of Topliss-reactive ketones (excluding diaryl/α,β-unsaturated/α-hetero) is 1. The second-order valence-electron chi connectivity index (χ2n) is 3.85. The molecule has 0 radical (unpaired) electrons. The van der Waals surface area contributed by atoms with Gasteiger partial charge in [0.25, 0.3) is 0 Å². The van der Waals surface area contributed by atoms with Crippen molar-refractivity contribution >= 4 is 5.78 Å². The number of nitrogens with two attached hydrogens (primary N) is 1. The lowest BCUT2D eigenvalue weighted by Gasteiger charge is -2.23. The molecule has 2 N–H and O–H groups in total. The fourth-order valence-electron chi connectivity index (χ4n) is 1.72. The first-order valence-corrected chi connectivity index (χ1v) is 4.97. The summed E-state index contributed by atoms with van der Waals surface area (Å²) >= 11 is 0. The zero-order valence-electron chi connectivity index (χ0n) is 8.12. The predicted octanol–water partition coefficient (Wildman–Crippen LogP) is 0.368. The van der Waals surface area contributed by atoms with Crippen LogP contribution in [0.1, 0.15) is 19.3 Å². The topological polar surface area (TPSA) is 61.6 Å². The highest BCUT2D eigenvalue weighted by Crippen LogP contribution is 2.23. The number of allylic oxidation sites excluding steroid dienone is 1. The van der Waals surface area contributed by atoms with Gasteiger partial charge in [-0.15, -0.1) is 0 Å². The van der Waals surface area contributed by atoms with E-state index >= 15 is 0 Å². The van der Waals surface area contributed by atoms with Crippen molar-refractivity contribution in [3.05, 3.63) is 11.8 Å². The minimum atomic E-state index is -0.844. The van der Waals surface area contributed by atoms with E-state index in [2.05, 4.69) is 0 Å². The van der Waals surface area contributed by atoms with Crippen molar-refractivity contribution in [1.82, 2.24) is 0 Å². The van der Waals surface area contributed by atoms with Crippen LogP contribution < -0.4 is 5.73 Å². The summed E-state index contributed by atoms with van der Waals surface area (Å²) < 4.78 is 10.4. The van der Waals surface area contributed by atoms with Gasteiger partial charge in [0, 0.05) is 6.61 Å². The molecule has 1 fully saturated rings. The molecule has 2 aliphatic heterocycles. The molecule has 4 nitrogen and oxygen atoms in total. The Labute approximate surface area is 83.1 Å². The molecule has 0 aromatic rings. The first kappa shape index (κ1) is 9.68. The van der Waals surface area contributed by atoms with Gasteiger partial charge in [-0.2, -0.15) is 0 Å². The molecule has 0 saturated carbocycles. The van der Waals surface area contributed by atoms with Gasteiger partial charge in [0.15, 0.2) is 5.76 Å². The van der Waals surface area contributed by atoms with E-state index in [4.69, 9.17) is 15.2 Å². The predicted molar refractivity (Wildman–Crippen MR) is 50.6 cm³/mol. The van der Waals surface area contributed by atoms with Gasteiger partial charge in [-0.3, -0.25) is 4.79 Å². The van der Waals surface area contributed by atoms with Crippen LogP contribution in [0.5, 0.6) is 0 Å². The van der Waals surface area contributed by atoms with Crippen molar-refractivity contribution in [3.8, 4) is 0 Å². The summed E-state index contributed by atoms with van der Waals surface area (Å²) in [5.41, 5.74) is 5.09. The molecule has 0 aromatic carbocycles. The second-order valence-corrected chi connectivity index (χ2v) is 3.85. The normalized spacial score (nSPS) is 32.2. The van der Waals surface area contributed by atoms with E-state index in [0.717, 1.165) is 12.8 Å². The molecule has 0 spiro atoms. The first-order chi connectivity index (χ1) is 6.72. The van der Waals surface area contributed by atoms with Crippen molar-refractivity contribution in [2.45, 2.75) is 24.8 Å². The molecule has 0 aliphatic carbocycles. The molecular formula is C10H15NO3. The summed E-state index contributed by atoms with van der Waals surface area (Å²) in [6.45, 7) is 1.50. The van der Waals surface area contributed by atoms with Crippen LogP contribution in [0.4, 0.5) is 0 Å². The van der Waals surface area contributed by atoms with Gasteiger partial charge in [0.05, 0.1) is 13.2 Å². The molecule has 0 bridgehead atoms. The summed E-state index contributed by atoms with van der Waals surface area (Å²) in [6.07, 6.45) is 4.30. The largest absolute Gasteiger partial charge is 0.490 e. The van der Waals surface area contributed by atoms with Gasteiger partial charge in [-0.25, -0.2) is 0 Å². The van der Waals surface area contributed by atoms with E-state index in [9.17, 15) is 4.79 Å². The molecule has 2 aliphatic rings. The Morgan fingerprint density at radius 2 is 2.36 bits per heavy atom. The number of carbonyl (C=O) groups is 1. The van der Waals surface area contributed by atoms with Crippen LogP contribution in [-0.4, -0.2) is 31.1 Å². The number of hydrogen-bond donors (Lipinski definition) is 1. The Kier molecular flexibility index (Phi) is 2.56. The Bertz CT molecular complexity index is 267. The van der Waals surface area contributed by atoms with Crippen LogP contribution in [0.25, 0.3) is 0 Å². The van der Waals surface area contributed by atoms with Crippen LogP contribution in [0.2, 0.25) is 0 Å². The molecular weight excluding hydrogens is 182 g/mol. The maximum atomic E-state index is 11.9. The van der Waals surface area contributed by atoms with Gasteiger partial charge in [-0.05, 0) is 25.3 Å². The van der Waals surface area contributed by atoms with Crippen LogP contribution in [0, 0.1) is 0 Å². The van der Waals surface area contributed by atoms with Crippen molar-refractivity contribution < 1.29 is 14.3 Å². The third-order valence-corrected chi connectivity index (χ3v) is 2.66. The van der Waals surface area contributed by atoms with Gasteiger partial charge in [-0.1, -0.05) is 0 Å². The quantitative estimate of drug-likeness (QED) is 0.694. The van der Waals surface area contributed by atoms with Crippen molar-refractivity contribution in [2.75, 3.05) is 19.8 Å². The third kappa shape index (κ3) is 1.67. The summed E-state index contributed by atoms with van der Waals surface area (Å²) in [6, 6.07) is 0. The summed E-state index contributed by atoms with van der Waals surface area (Å²) in [5.74, 6) is 0.332. The lowest BCUT2D eigenvalue weighted by atomic mass is 9.92. The maximum absolute atomic E-state index is 11.9. The Balaban J connectivity index is 2.10. The van der Waals surface area contributed by atoms with Crippen LogP contribution in [0.15, 0.2) is 11.8 Å². The number of rotatable bonds is 2. The molecule has 2 heterocycles. The third-order valence-electron chi connectivity index (χ3n) is 2.66. The summed E-state index contributed by atoms with van der Waals surface area (Å²) in [4.78, 5) is 11.9. The standard InChI is InChI=1S/C10H15NO3/c11-10(4-6-13-7-10)9(12)8-3-1-2-5-14-8/h3H,1-2,4-7,11H2. The van der Waals surface area contributed by atoms with Gasteiger partial charge < -0.3 is 15.2 Å². The minimum Gasteiger partial charge on any atom is -0.490 e. The van der Waals surface area contributed by atoms with Crippen LogP contribution in [0.3, 0.4) is 0 Å². The molecule has 0 amide bonds. The van der Waals surface area contributed by atoms with Gasteiger partial charge >= 0.3 is 0 Å². The fraction of sp³-hybridized carbons (Fsp3) is 0.700. The van der Waals surface area contributed by atoms with Gasteiger partial charge in [0.2, 0.25) is 5.78 Å². The number of carbonyl (C=O) groups excluding carboxylic acids is 1. The van der Waals surface area contributed by atoms with E-state index in [1.165, 1.54) is 0 Å². The second kappa shape index (κ2) is 3.71. The fourth-order valence-corrected chi connectivity index (χ4v) is 1.72. The van der Waals surface area contributed by atoms with E-state index in [1.807, 2.05) is 6.08 Å².